The number of Topliss-reactive ketones (excluding diaryl/α,β-unsaturated/α-hetero) is 1. The van der Waals surface area contributed by atoms with Crippen LogP contribution in [0.3, 0.4) is 0 Å². The minimum absolute atomic E-state index is 0.0400. The highest BCUT2D eigenvalue weighted by atomic mass is 79.9. The molecule has 0 bridgehead atoms. The number of ether oxygens (including phenoxy) is 1. The molecule has 0 atom stereocenters. The SMILES string of the molecule is O=C(CCO)COc1cc2c(=O)c(Cc3cccnc3)cn3c4ccc(Br)cc4c(c1)c23. The Balaban J connectivity index is 1.73. The molecule has 2 aromatic carbocycles. The summed E-state index contributed by atoms with van der Waals surface area (Å²) in [5.41, 5.74) is 3.34. The van der Waals surface area contributed by atoms with Crippen LogP contribution in [0, 0.1) is 0 Å². The molecule has 0 saturated carbocycles. The molecular formula is C25H19BrN2O4. The maximum atomic E-state index is 13.5. The van der Waals surface area contributed by atoms with Gasteiger partial charge in [0.1, 0.15) is 12.4 Å². The molecule has 1 N–H and O–H groups in total. The number of benzene rings is 2. The number of halogens is 1. The lowest BCUT2D eigenvalue weighted by Crippen LogP contribution is -2.14. The lowest BCUT2D eigenvalue weighted by molar-refractivity contribution is -0.121. The monoisotopic (exact) mass is 490 g/mol. The molecule has 0 aliphatic heterocycles. The molecule has 7 heteroatoms. The maximum Gasteiger partial charge on any atom is 0.193 e. The molecule has 0 aliphatic carbocycles. The summed E-state index contributed by atoms with van der Waals surface area (Å²) in [6.07, 6.45) is 5.88. The molecule has 160 valence electrons. The second kappa shape index (κ2) is 8.33. The topological polar surface area (TPSA) is 80.9 Å². The van der Waals surface area contributed by atoms with E-state index in [-0.39, 0.29) is 30.8 Å². The zero-order chi connectivity index (χ0) is 22.2. The molecule has 0 aliphatic rings. The van der Waals surface area contributed by atoms with E-state index in [0.29, 0.717) is 23.1 Å². The van der Waals surface area contributed by atoms with Crippen molar-refractivity contribution in [2.24, 2.45) is 0 Å². The van der Waals surface area contributed by atoms with E-state index < -0.39 is 0 Å². The number of ketones is 1. The van der Waals surface area contributed by atoms with Crippen molar-refractivity contribution in [2.75, 3.05) is 13.2 Å². The average molecular weight is 491 g/mol. The lowest BCUT2D eigenvalue weighted by atomic mass is 10.0. The fourth-order valence-corrected chi connectivity index (χ4v) is 4.48. The fourth-order valence-electron chi connectivity index (χ4n) is 4.11. The first kappa shape index (κ1) is 20.6. The van der Waals surface area contributed by atoms with Crippen LogP contribution in [0.15, 0.2) is 70.3 Å². The Morgan fingerprint density at radius 1 is 1.12 bits per heavy atom. The van der Waals surface area contributed by atoms with Crippen LogP contribution in [-0.2, 0) is 11.2 Å². The van der Waals surface area contributed by atoms with Crippen molar-refractivity contribution in [1.29, 1.82) is 0 Å². The van der Waals surface area contributed by atoms with Crippen molar-refractivity contribution in [3.05, 3.63) is 86.9 Å². The van der Waals surface area contributed by atoms with Crippen LogP contribution in [0.2, 0.25) is 0 Å². The van der Waals surface area contributed by atoms with Gasteiger partial charge in [0.25, 0.3) is 0 Å². The summed E-state index contributed by atoms with van der Waals surface area (Å²) in [5.74, 6) is 0.253. The van der Waals surface area contributed by atoms with E-state index in [4.69, 9.17) is 9.84 Å². The Labute approximate surface area is 191 Å². The quantitative estimate of drug-likeness (QED) is 0.371. The molecule has 3 heterocycles. The molecule has 0 fully saturated rings. The standard InChI is InChI=1S/C25H19BrN2O4/c26-17-3-4-23-20(9-17)21-10-19(32-14-18(30)5-7-29)11-22-24(21)28(23)13-16(25(22)31)8-15-2-1-6-27-12-15/h1-4,6,9-13,29H,5,7-8,14H2. The van der Waals surface area contributed by atoms with Gasteiger partial charge in [-0.2, -0.15) is 0 Å². The van der Waals surface area contributed by atoms with Crippen molar-refractivity contribution in [3.63, 3.8) is 0 Å². The number of carbonyl (C=O) groups is 1. The Morgan fingerprint density at radius 2 is 1.97 bits per heavy atom. The molecule has 3 aromatic heterocycles. The predicted octanol–water partition coefficient (Wildman–Crippen LogP) is 4.12. The van der Waals surface area contributed by atoms with Crippen LogP contribution in [0.25, 0.3) is 27.2 Å². The number of fused-ring (bicyclic) bond motifs is 3. The maximum absolute atomic E-state index is 13.5. The van der Waals surface area contributed by atoms with Crippen molar-refractivity contribution in [2.45, 2.75) is 12.8 Å². The summed E-state index contributed by atoms with van der Waals surface area (Å²) < 4.78 is 8.71. The third kappa shape index (κ3) is 3.63. The van der Waals surface area contributed by atoms with E-state index >= 15 is 0 Å². The normalized spacial score (nSPS) is 11.6. The summed E-state index contributed by atoms with van der Waals surface area (Å²) in [5, 5.41) is 11.4. The first-order chi connectivity index (χ1) is 15.5. The highest BCUT2D eigenvalue weighted by Crippen LogP contribution is 2.35. The number of nitrogens with zero attached hydrogens (tertiary/aromatic N) is 2. The van der Waals surface area contributed by atoms with Crippen molar-refractivity contribution < 1.29 is 14.6 Å². The number of carbonyl (C=O) groups excluding carboxylic acids is 1. The van der Waals surface area contributed by atoms with E-state index in [9.17, 15) is 9.59 Å². The smallest absolute Gasteiger partial charge is 0.193 e. The van der Waals surface area contributed by atoms with Gasteiger partial charge >= 0.3 is 0 Å². The van der Waals surface area contributed by atoms with E-state index in [1.165, 1.54) is 0 Å². The zero-order valence-electron chi connectivity index (χ0n) is 17.0. The van der Waals surface area contributed by atoms with Gasteiger partial charge in [-0.3, -0.25) is 14.6 Å². The summed E-state index contributed by atoms with van der Waals surface area (Å²) in [6.45, 7) is -0.366. The van der Waals surface area contributed by atoms with Gasteiger partial charge in [-0.15, -0.1) is 0 Å². The van der Waals surface area contributed by atoms with E-state index in [2.05, 4.69) is 25.3 Å². The third-order valence-corrected chi connectivity index (χ3v) is 6.05. The second-order valence-corrected chi connectivity index (χ2v) is 8.64. The van der Waals surface area contributed by atoms with Crippen LogP contribution in [0.5, 0.6) is 5.75 Å². The number of aliphatic hydroxyl groups excluding tert-OH is 1. The number of hydrogen-bond acceptors (Lipinski definition) is 5. The first-order valence-electron chi connectivity index (χ1n) is 10.2. The number of rotatable bonds is 7. The summed E-state index contributed by atoms with van der Waals surface area (Å²) >= 11 is 3.54. The van der Waals surface area contributed by atoms with E-state index in [0.717, 1.165) is 31.8 Å². The van der Waals surface area contributed by atoms with Crippen LogP contribution >= 0.6 is 15.9 Å². The van der Waals surface area contributed by atoms with Crippen LogP contribution in [0.1, 0.15) is 17.5 Å². The van der Waals surface area contributed by atoms with E-state index in [1.807, 2.05) is 42.6 Å². The Kier molecular flexibility index (Phi) is 5.36. The minimum atomic E-state index is -0.213. The largest absolute Gasteiger partial charge is 0.486 e. The highest BCUT2D eigenvalue weighted by Gasteiger charge is 2.18. The van der Waals surface area contributed by atoms with Gasteiger partial charge in [0, 0.05) is 52.2 Å². The first-order valence-corrected chi connectivity index (χ1v) is 11.0. The molecule has 0 radical (unpaired) electrons. The van der Waals surface area contributed by atoms with Crippen molar-refractivity contribution in [3.8, 4) is 5.75 Å². The van der Waals surface area contributed by atoms with Crippen molar-refractivity contribution in [1.82, 2.24) is 9.38 Å². The summed E-state index contributed by atoms with van der Waals surface area (Å²) in [7, 11) is 0. The van der Waals surface area contributed by atoms with Gasteiger partial charge in [-0.25, -0.2) is 0 Å². The molecule has 6 nitrogen and oxygen atoms in total. The molecule has 5 aromatic rings. The van der Waals surface area contributed by atoms with Gasteiger partial charge in [-0.05, 0) is 42.0 Å². The fraction of sp³-hybridized carbons (Fsp3) is 0.160. The van der Waals surface area contributed by atoms with Gasteiger partial charge in [0.15, 0.2) is 11.2 Å². The number of pyridine rings is 2. The molecule has 32 heavy (non-hydrogen) atoms. The Hall–Kier alpha value is -3.29. The molecule has 0 spiro atoms. The Morgan fingerprint density at radius 3 is 2.75 bits per heavy atom. The number of aromatic nitrogens is 2. The summed E-state index contributed by atoms with van der Waals surface area (Å²) in [6, 6.07) is 13.4. The molecule has 0 amide bonds. The van der Waals surface area contributed by atoms with Crippen LogP contribution in [-0.4, -0.2) is 33.5 Å². The summed E-state index contributed by atoms with van der Waals surface area (Å²) in [4.78, 5) is 29.5. The average Bonchev–Trinajstić information content (AvgIpc) is 3.09. The van der Waals surface area contributed by atoms with Gasteiger partial charge < -0.3 is 14.2 Å². The molecule has 0 saturated heterocycles. The second-order valence-electron chi connectivity index (χ2n) is 7.72. The molecular weight excluding hydrogens is 472 g/mol. The van der Waals surface area contributed by atoms with Gasteiger partial charge in [0.05, 0.1) is 23.0 Å². The molecule has 5 rings (SSSR count). The zero-order valence-corrected chi connectivity index (χ0v) is 18.6. The predicted molar refractivity (Wildman–Crippen MR) is 127 cm³/mol. The Bertz CT molecular complexity index is 1510. The van der Waals surface area contributed by atoms with E-state index in [1.54, 1.807) is 18.5 Å². The van der Waals surface area contributed by atoms with Crippen LogP contribution in [0.4, 0.5) is 0 Å². The van der Waals surface area contributed by atoms with Gasteiger partial charge in [-0.1, -0.05) is 22.0 Å². The number of aliphatic hydroxyl groups is 1. The molecule has 0 unspecified atom stereocenters. The van der Waals surface area contributed by atoms with Crippen molar-refractivity contribution >= 4 is 48.9 Å². The minimum Gasteiger partial charge on any atom is -0.486 e. The number of hydrogen-bond donors (Lipinski definition) is 1. The highest BCUT2D eigenvalue weighted by molar-refractivity contribution is 9.10. The van der Waals surface area contributed by atoms with Gasteiger partial charge in [0.2, 0.25) is 0 Å². The third-order valence-electron chi connectivity index (χ3n) is 5.56. The lowest BCUT2D eigenvalue weighted by Gasteiger charge is -2.09. The van der Waals surface area contributed by atoms with Crippen LogP contribution < -0.4 is 10.2 Å².